The van der Waals surface area contributed by atoms with Crippen LogP contribution in [0.5, 0.6) is 0 Å². The van der Waals surface area contributed by atoms with E-state index >= 15 is 0 Å². The summed E-state index contributed by atoms with van der Waals surface area (Å²) >= 11 is 0. The molecule has 3 rings (SSSR count). The molecule has 102 valence electrons. The monoisotopic (exact) mass is 271 g/mol. The first kappa shape index (κ1) is 12.3. The smallest absolute Gasteiger partial charge is 0.255 e. The van der Waals surface area contributed by atoms with Gasteiger partial charge in [0.2, 0.25) is 5.91 Å². The average molecular weight is 271 g/mol. The van der Waals surface area contributed by atoms with Gasteiger partial charge < -0.3 is 10.2 Å². The van der Waals surface area contributed by atoms with Crippen LogP contribution >= 0.6 is 0 Å². The molecule has 2 amide bonds. The van der Waals surface area contributed by atoms with Gasteiger partial charge >= 0.3 is 0 Å². The summed E-state index contributed by atoms with van der Waals surface area (Å²) in [5, 5.41) is 2.69. The number of pyridine rings is 1. The second-order valence-corrected chi connectivity index (χ2v) is 4.45. The van der Waals surface area contributed by atoms with E-state index in [9.17, 15) is 9.59 Å². The Kier molecular flexibility index (Phi) is 3.16. The summed E-state index contributed by atoms with van der Waals surface area (Å²) in [7, 11) is 0. The molecule has 0 bridgehead atoms. The van der Waals surface area contributed by atoms with Crippen molar-refractivity contribution in [3.05, 3.63) is 42.6 Å². The fraction of sp³-hybridized carbons (Fsp3) is 0.231. The summed E-state index contributed by atoms with van der Waals surface area (Å²) < 4.78 is 1.75. The van der Waals surface area contributed by atoms with Crippen molar-refractivity contribution in [3.63, 3.8) is 0 Å². The third-order valence-corrected chi connectivity index (χ3v) is 3.09. The summed E-state index contributed by atoms with van der Waals surface area (Å²) in [6.07, 6.45) is 6.59. The van der Waals surface area contributed by atoms with E-state index in [1.807, 2.05) is 0 Å². The molecule has 0 aliphatic carbocycles. The second-order valence-electron chi connectivity index (χ2n) is 4.45. The Balaban J connectivity index is 1.77. The van der Waals surface area contributed by atoms with Crippen molar-refractivity contribution < 1.29 is 9.59 Å². The van der Waals surface area contributed by atoms with Crippen molar-refractivity contribution in [3.8, 4) is 5.82 Å². The number of aromatic nitrogens is 3. The number of carbonyl (C=O) groups is 2. The number of hydrogen-bond donors (Lipinski definition) is 1. The summed E-state index contributed by atoms with van der Waals surface area (Å²) in [6, 6.07) is 3.45. The summed E-state index contributed by atoms with van der Waals surface area (Å²) in [5.41, 5.74) is 0.476. The highest BCUT2D eigenvalue weighted by molar-refractivity contribution is 5.96. The lowest BCUT2D eigenvalue weighted by Crippen LogP contribution is -2.49. The van der Waals surface area contributed by atoms with Gasteiger partial charge in [-0.15, -0.1) is 0 Å². The Morgan fingerprint density at radius 1 is 1.35 bits per heavy atom. The first-order valence-electron chi connectivity index (χ1n) is 6.24. The number of piperazine rings is 1. The molecule has 0 radical (unpaired) electrons. The predicted octanol–water partition coefficient (Wildman–Crippen LogP) is -0.161. The average Bonchev–Trinajstić information content (AvgIpc) is 3.01. The summed E-state index contributed by atoms with van der Waals surface area (Å²) in [5.74, 6) is 0.382. The van der Waals surface area contributed by atoms with Gasteiger partial charge in [0.05, 0.1) is 12.1 Å². The van der Waals surface area contributed by atoms with Crippen LogP contribution in [-0.2, 0) is 4.79 Å². The minimum absolute atomic E-state index is 0.0993. The minimum atomic E-state index is -0.176. The first-order valence-corrected chi connectivity index (χ1v) is 6.24. The van der Waals surface area contributed by atoms with Crippen LogP contribution in [0.25, 0.3) is 5.82 Å². The highest BCUT2D eigenvalue weighted by Gasteiger charge is 2.22. The number of imidazole rings is 1. The Morgan fingerprint density at radius 2 is 2.25 bits per heavy atom. The molecular weight excluding hydrogens is 258 g/mol. The molecule has 1 aliphatic heterocycles. The zero-order valence-electron chi connectivity index (χ0n) is 10.7. The van der Waals surface area contributed by atoms with Crippen molar-refractivity contribution in [2.24, 2.45) is 0 Å². The third kappa shape index (κ3) is 2.37. The van der Waals surface area contributed by atoms with Crippen LogP contribution in [0.2, 0.25) is 0 Å². The normalized spacial score (nSPS) is 15.0. The molecule has 20 heavy (non-hydrogen) atoms. The lowest BCUT2D eigenvalue weighted by Gasteiger charge is -2.26. The van der Waals surface area contributed by atoms with Crippen LogP contribution in [-0.4, -0.2) is 50.9 Å². The fourth-order valence-electron chi connectivity index (χ4n) is 2.05. The molecule has 1 fully saturated rings. The molecule has 2 aromatic rings. The standard InChI is InChI=1S/C13H13N5O2/c19-12-8-17(6-4-15-12)13(20)10-1-2-11(16-7-10)18-5-3-14-9-18/h1-3,5,7,9H,4,6,8H2,(H,15,19). The highest BCUT2D eigenvalue weighted by atomic mass is 16.2. The molecule has 0 unspecified atom stereocenters. The lowest BCUT2D eigenvalue weighted by atomic mass is 10.2. The lowest BCUT2D eigenvalue weighted by molar-refractivity contribution is -0.123. The number of nitrogens with one attached hydrogen (secondary N) is 1. The van der Waals surface area contributed by atoms with Crippen molar-refractivity contribution in [2.75, 3.05) is 19.6 Å². The van der Waals surface area contributed by atoms with Gasteiger partial charge in [-0.1, -0.05) is 0 Å². The van der Waals surface area contributed by atoms with E-state index in [2.05, 4.69) is 15.3 Å². The Bertz CT molecular complexity index is 621. The highest BCUT2D eigenvalue weighted by Crippen LogP contribution is 2.09. The number of amides is 2. The van der Waals surface area contributed by atoms with Gasteiger partial charge in [-0.05, 0) is 12.1 Å². The van der Waals surface area contributed by atoms with Crippen molar-refractivity contribution in [1.29, 1.82) is 0 Å². The van der Waals surface area contributed by atoms with Crippen molar-refractivity contribution in [1.82, 2.24) is 24.8 Å². The molecule has 0 aromatic carbocycles. The third-order valence-electron chi connectivity index (χ3n) is 3.09. The Morgan fingerprint density at radius 3 is 2.90 bits per heavy atom. The number of hydrogen-bond acceptors (Lipinski definition) is 4. The van der Waals surface area contributed by atoms with Gasteiger partial charge in [0, 0.05) is 31.7 Å². The molecule has 0 spiro atoms. The molecule has 1 N–H and O–H groups in total. The van der Waals surface area contributed by atoms with Crippen LogP contribution in [0.15, 0.2) is 37.1 Å². The molecule has 7 nitrogen and oxygen atoms in total. The largest absolute Gasteiger partial charge is 0.353 e. The Hall–Kier alpha value is -2.70. The number of rotatable bonds is 2. The fourth-order valence-corrected chi connectivity index (χ4v) is 2.05. The second kappa shape index (κ2) is 5.12. The number of carbonyl (C=O) groups excluding carboxylic acids is 2. The molecule has 2 aromatic heterocycles. The van der Waals surface area contributed by atoms with Gasteiger partial charge in [-0.2, -0.15) is 0 Å². The topological polar surface area (TPSA) is 80.1 Å². The van der Waals surface area contributed by atoms with E-state index in [1.54, 1.807) is 35.4 Å². The zero-order chi connectivity index (χ0) is 13.9. The van der Waals surface area contributed by atoms with Crippen LogP contribution in [0.1, 0.15) is 10.4 Å². The van der Waals surface area contributed by atoms with Crippen LogP contribution < -0.4 is 5.32 Å². The maximum atomic E-state index is 12.2. The molecular formula is C13H13N5O2. The van der Waals surface area contributed by atoms with Gasteiger partial charge in [0.25, 0.3) is 5.91 Å². The van der Waals surface area contributed by atoms with E-state index < -0.39 is 0 Å². The quantitative estimate of drug-likeness (QED) is 0.823. The Labute approximate surface area is 115 Å². The summed E-state index contributed by atoms with van der Waals surface area (Å²) in [4.78, 5) is 33.2. The molecule has 7 heteroatoms. The molecule has 1 aliphatic rings. The SMILES string of the molecule is O=C1CN(C(=O)c2ccc(-n3ccnc3)nc2)CCN1. The maximum absolute atomic E-state index is 12.2. The van der Waals surface area contributed by atoms with Crippen LogP contribution in [0.3, 0.4) is 0 Å². The van der Waals surface area contributed by atoms with Crippen molar-refractivity contribution >= 4 is 11.8 Å². The van der Waals surface area contributed by atoms with E-state index in [-0.39, 0.29) is 18.4 Å². The van der Waals surface area contributed by atoms with Gasteiger partial charge in [-0.3, -0.25) is 14.2 Å². The van der Waals surface area contributed by atoms with Gasteiger partial charge in [-0.25, -0.2) is 9.97 Å². The van der Waals surface area contributed by atoms with Crippen LogP contribution in [0, 0.1) is 0 Å². The first-order chi connectivity index (χ1) is 9.74. The van der Waals surface area contributed by atoms with Gasteiger partial charge in [0.1, 0.15) is 12.1 Å². The minimum Gasteiger partial charge on any atom is -0.353 e. The van der Waals surface area contributed by atoms with E-state index in [0.717, 1.165) is 0 Å². The van der Waals surface area contributed by atoms with E-state index in [1.165, 1.54) is 11.1 Å². The molecule has 1 saturated heterocycles. The maximum Gasteiger partial charge on any atom is 0.255 e. The number of nitrogens with zero attached hydrogens (tertiary/aromatic N) is 4. The van der Waals surface area contributed by atoms with Gasteiger partial charge in [0.15, 0.2) is 0 Å². The predicted molar refractivity (Wildman–Crippen MR) is 70.3 cm³/mol. The molecule has 0 atom stereocenters. The molecule has 3 heterocycles. The van der Waals surface area contributed by atoms with E-state index in [0.29, 0.717) is 24.5 Å². The molecule has 0 saturated carbocycles. The van der Waals surface area contributed by atoms with Crippen molar-refractivity contribution in [2.45, 2.75) is 0 Å². The summed E-state index contributed by atoms with van der Waals surface area (Å²) in [6.45, 7) is 1.11. The van der Waals surface area contributed by atoms with Crippen LogP contribution in [0.4, 0.5) is 0 Å². The zero-order valence-corrected chi connectivity index (χ0v) is 10.7. The van der Waals surface area contributed by atoms with E-state index in [4.69, 9.17) is 0 Å².